The summed E-state index contributed by atoms with van der Waals surface area (Å²) in [6.07, 6.45) is 5.20. The van der Waals surface area contributed by atoms with E-state index in [9.17, 15) is 9.18 Å². The van der Waals surface area contributed by atoms with Gasteiger partial charge in [0, 0.05) is 42.2 Å². The van der Waals surface area contributed by atoms with Crippen LogP contribution in [0.4, 0.5) is 20.7 Å². The Balaban J connectivity index is 1.46. The van der Waals surface area contributed by atoms with Gasteiger partial charge < -0.3 is 15.0 Å². The van der Waals surface area contributed by atoms with Crippen LogP contribution in [0.25, 0.3) is 0 Å². The van der Waals surface area contributed by atoms with Gasteiger partial charge in [0.25, 0.3) is 0 Å². The van der Waals surface area contributed by atoms with Crippen LogP contribution in [0.1, 0.15) is 37.9 Å². The van der Waals surface area contributed by atoms with E-state index in [4.69, 9.17) is 4.74 Å². The van der Waals surface area contributed by atoms with Crippen molar-refractivity contribution >= 4 is 29.4 Å². The normalized spacial score (nSPS) is 17.6. The minimum Gasteiger partial charge on any atom is -0.447 e. The van der Waals surface area contributed by atoms with E-state index in [1.807, 2.05) is 38.0 Å². The molecule has 0 radical (unpaired) electrons. The number of amides is 1. The maximum atomic E-state index is 14.4. The van der Waals surface area contributed by atoms with Crippen LogP contribution in [-0.4, -0.2) is 63.4 Å². The Bertz CT molecular complexity index is 998. The summed E-state index contributed by atoms with van der Waals surface area (Å²) in [5, 5.41) is 3.12. The molecule has 1 amide bonds. The Morgan fingerprint density at radius 2 is 2.09 bits per heavy atom. The van der Waals surface area contributed by atoms with E-state index in [1.54, 1.807) is 6.07 Å². The molecule has 4 rings (SSSR count). The van der Waals surface area contributed by atoms with E-state index in [1.165, 1.54) is 24.2 Å². The quantitative estimate of drug-likeness (QED) is 0.634. The standard InChI is InChI=1S/C23H30FN5O2S/c1-15(2)31-22(30)28-9-10-29(23(13-28)7-8-23)12-20-16(3)21(26-14-25-20)27-19-6-5-17(32-4)11-18(19)24/h5-6,11,14-15H,7-10,12-13H2,1-4H3,(H,25,26,27). The van der Waals surface area contributed by atoms with Gasteiger partial charge in [0.1, 0.15) is 18.0 Å². The first-order chi connectivity index (χ1) is 15.3. The molecule has 32 heavy (non-hydrogen) atoms. The van der Waals surface area contributed by atoms with Crippen molar-refractivity contribution in [1.29, 1.82) is 0 Å². The van der Waals surface area contributed by atoms with Gasteiger partial charge in [0.05, 0.1) is 17.5 Å². The van der Waals surface area contributed by atoms with Crippen molar-refractivity contribution in [2.24, 2.45) is 0 Å². The number of hydrogen-bond donors (Lipinski definition) is 1. The van der Waals surface area contributed by atoms with Gasteiger partial charge in [-0.1, -0.05) is 0 Å². The molecule has 2 aliphatic rings. The lowest BCUT2D eigenvalue weighted by Crippen LogP contribution is -2.56. The van der Waals surface area contributed by atoms with Gasteiger partial charge in [0.2, 0.25) is 0 Å². The number of benzene rings is 1. The highest BCUT2D eigenvalue weighted by Crippen LogP contribution is 2.45. The van der Waals surface area contributed by atoms with E-state index in [-0.39, 0.29) is 23.6 Å². The van der Waals surface area contributed by atoms with Gasteiger partial charge in [-0.15, -0.1) is 11.8 Å². The minimum absolute atomic E-state index is 0.00100. The number of piperazine rings is 1. The SMILES string of the molecule is CSc1ccc(Nc2ncnc(CN3CCN(C(=O)OC(C)C)CC34CC4)c2C)c(F)c1. The fourth-order valence-corrected chi connectivity index (χ4v) is 4.54. The van der Waals surface area contributed by atoms with Crippen molar-refractivity contribution in [2.75, 3.05) is 31.2 Å². The van der Waals surface area contributed by atoms with Gasteiger partial charge >= 0.3 is 6.09 Å². The Morgan fingerprint density at radius 1 is 1.31 bits per heavy atom. The number of anilines is 2. The number of nitrogens with one attached hydrogen (secondary N) is 1. The highest BCUT2D eigenvalue weighted by Gasteiger charge is 2.52. The van der Waals surface area contributed by atoms with Crippen LogP contribution >= 0.6 is 11.8 Å². The summed E-state index contributed by atoms with van der Waals surface area (Å²) in [5.74, 6) is 0.299. The van der Waals surface area contributed by atoms with Crippen molar-refractivity contribution in [3.05, 3.63) is 41.6 Å². The highest BCUT2D eigenvalue weighted by molar-refractivity contribution is 7.98. The monoisotopic (exact) mass is 459 g/mol. The van der Waals surface area contributed by atoms with Crippen LogP contribution < -0.4 is 5.32 Å². The third-order valence-corrected chi connectivity index (χ3v) is 6.90. The number of hydrogen-bond acceptors (Lipinski definition) is 7. The van der Waals surface area contributed by atoms with E-state index < -0.39 is 0 Å². The molecule has 1 aromatic heterocycles. The fraction of sp³-hybridized carbons (Fsp3) is 0.522. The molecule has 1 N–H and O–H groups in total. The fourth-order valence-electron chi connectivity index (χ4n) is 4.11. The summed E-state index contributed by atoms with van der Waals surface area (Å²) in [6.45, 7) is 8.45. The molecule has 1 aliphatic carbocycles. The van der Waals surface area contributed by atoms with Gasteiger partial charge in [-0.05, 0) is 58.1 Å². The van der Waals surface area contributed by atoms with Crippen molar-refractivity contribution < 1.29 is 13.9 Å². The number of carbonyl (C=O) groups is 1. The van der Waals surface area contributed by atoms with Crippen LogP contribution in [0.3, 0.4) is 0 Å². The molecule has 1 saturated heterocycles. The molecule has 0 atom stereocenters. The Kier molecular flexibility index (Phi) is 6.57. The largest absolute Gasteiger partial charge is 0.447 e. The molecule has 1 aliphatic heterocycles. The van der Waals surface area contributed by atoms with Gasteiger partial charge in [0.15, 0.2) is 0 Å². The molecule has 9 heteroatoms. The number of ether oxygens (including phenoxy) is 1. The summed E-state index contributed by atoms with van der Waals surface area (Å²) < 4.78 is 19.8. The predicted octanol–water partition coefficient (Wildman–Crippen LogP) is 4.58. The van der Waals surface area contributed by atoms with Crippen molar-refractivity contribution in [1.82, 2.24) is 19.8 Å². The first kappa shape index (κ1) is 22.8. The second kappa shape index (κ2) is 9.23. The lowest BCUT2D eigenvalue weighted by molar-refractivity contribution is 0.0258. The maximum absolute atomic E-state index is 14.4. The molecular weight excluding hydrogens is 429 g/mol. The zero-order valence-corrected chi connectivity index (χ0v) is 19.8. The van der Waals surface area contributed by atoms with Crippen molar-refractivity contribution in [3.8, 4) is 0 Å². The van der Waals surface area contributed by atoms with Crippen LogP contribution in [0.15, 0.2) is 29.4 Å². The third-order valence-electron chi connectivity index (χ3n) is 6.18. The minimum atomic E-state index is -0.308. The summed E-state index contributed by atoms with van der Waals surface area (Å²) >= 11 is 1.50. The van der Waals surface area contributed by atoms with E-state index in [2.05, 4.69) is 20.2 Å². The van der Waals surface area contributed by atoms with E-state index >= 15 is 0 Å². The predicted molar refractivity (Wildman–Crippen MR) is 124 cm³/mol. The Labute approximate surface area is 192 Å². The zero-order chi connectivity index (χ0) is 22.9. The average Bonchev–Trinajstić information content (AvgIpc) is 3.52. The number of carbonyl (C=O) groups excluding carboxylic acids is 1. The third kappa shape index (κ3) is 4.83. The molecule has 1 aromatic carbocycles. The highest BCUT2D eigenvalue weighted by atomic mass is 32.2. The molecule has 1 saturated carbocycles. The van der Waals surface area contributed by atoms with Gasteiger partial charge in [-0.25, -0.2) is 19.2 Å². The number of aromatic nitrogens is 2. The number of rotatable bonds is 6. The average molecular weight is 460 g/mol. The number of thioether (sulfide) groups is 1. The molecule has 0 unspecified atom stereocenters. The lowest BCUT2D eigenvalue weighted by atomic mass is 10.1. The van der Waals surface area contributed by atoms with Crippen LogP contribution in [0.2, 0.25) is 0 Å². The summed E-state index contributed by atoms with van der Waals surface area (Å²) in [4.78, 5) is 26.3. The molecule has 0 bridgehead atoms. The Morgan fingerprint density at radius 3 is 2.75 bits per heavy atom. The Hall–Kier alpha value is -2.39. The molecule has 2 aromatic rings. The second-order valence-corrected chi connectivity index (χ2v) is 9.64. The first-order valence-corrected chi connectivity index (χ1v) is 12.2. The molecule has 172 valence electrons. The zero-order valence-electron chi connectivity index (χ0n) is 19.0. The van der Waals surface area contributed by atoms with Crippen molar-refractivity contribution in [3.63, 3.8) is 0 Å². The topological polar surface area (TPSA) is 70.6 Å². The summed E-state index contributed by atoms with van der Waals surface area (Å²) in [7, 11) is 0. The summed E-state index contributed by atoms with van der Waals surface area (Å²) in [6, 6.07) is 5.14. The molecular formula is C23H30FN5O2S. The van der Waals surface area contributed by atoms with Crippen LogP contribution in [-0.2, 0) is 11.3 Å². The maximum Gasteiger partial charge on any atom is 0.410 e. The van der Waals surface area contributed by atoms with Gasteiger partial charge in [-0.2, -0.15) is 0 Å². The van der Waals surface area contributed by atoms with Crippen LogP contribution in [0, 0.1) is 12.7 Å². The van der Waals surface area contributed by atoms with Crippen molar-refractivity contribution in [2.45, 2.75) is 56.7 Å². The number of nitrogens with zero attached hydrogens (tertiary/aromatic N) is 4. The molecule has 7 nitrogen and oxygen atoms in total. The second-order valence-electron chi connectivity index (χ2n) is 8.76. The van der Waals surface area contributed by atoms with Gasteiger partial charge in [-0.3, -0.25) is 4.90 Å². The lowest BCUT2D eigenvalue weighted by Gasteiger charge is -2.41. The molecule has 1 spiro atoms. The van der Waals surface area contributed by atoms with E-state index in [0.717, 1.165) is 35.5 Å². The van der Waals surface area contributed by atoms with Crippen LogP contribution in [0.5, 0.6) is 0 Å². The summed E-state index contributed by atoms with van der Waals surface area (Å²) in [5.41, 5.74) is 2.21. The van der Waals surface area contributed by atoms with E-state index in [0.29, 0.717) is 31.1 Å². The first-order valence-electron chi connectivity index (χ1n) is 10.9. The smallest absolute Gasteiger partial charge is 0.410 e. The molecule has 2 heterocycles. The molecule has 2 fully saturated rings. The number of halogens is 1.